The van der Waals surface area contributed by atoms with Crippen molar-refractivity contribution in [2.24, 2.45) is 11.8 Å². The second kappa shape index (κ2) is 8.14. The Balaban J connectivity index is 1.60. The van der Waals surface area contributed by atoms with Gasteiger partial charge in [-0.05, 0) is 43.7 Å². The van der Waals surface area contributed by atoms with Crippen LogP contribution in [-0.2, 0) is 9.53 Å². The van der Waals surface area contributed by atoms with E-state index in [4.69, 9.17) is 4.74 Å². The van der Waals surface area contributed by atoms with Crippen molar-refractivity contribution in [3.8, 4) is 0 Å². The highest BCUT2D eigenvalue weighted by Gasteiger charge is 2.50. The molecular weight excluding hydrogens is 385 g/mol. The van der Waals surface area contributed by atoms with Gasteiger partial charge < -0.3 is 14.5 Å². The fourth-order valence-electron chi connectivity index (χ4n) is 4.93. The van der Waals surface area contributed by atoms with Crippen molar-refractivity contribution >= 4 is 11.8 Å². The lowest BCUT2D eigenvalue weighted by atomic mass is 9.89. The van der Waals surface area contributed by atoms with Gasteiger partial charge in [0.25, 0.3) is 5.91 Å². The lowest BCUT2D eigenvalue weighted by molar-refractivity contribution is -0.136. The van der Waals surface area contributed by atoms with Crippen LogP contribution in [0.1, 0.15) is 33.4 Å². The van der Waals surface area contributed by atoms with Crippen LogP contribution in [0.25, 0.3) is 0 Å². The number of benzene rings is 1. The molecule has 3 heterocycles. The summed E-state index contributed by atoms with van der Waals surface area (Å²) in [6, 6.07) is 9.74. The van der Waals surface area contributed by atoms with Crippen LogP contribution < -0.4 is 0 Å². The molecule has 3 atom stereocenters. The zero-order valence-electron chi connectivity index (χ0n) is 17.5. The molecule has 4 rings (SSSR count). The van der Waals surface area contributed by atoms with E-state index in [-0.39, 0.29) is 42.1 Å². The molecule has 1 aromatic heterocycles. The summed E-state index contributed by atoms with van der Waals surface area (Å²) in [5, 5.41) is 0. The van der Waals surface area contributed by atoms with Crippen molar-refractivity contribution in [1.29, 1.82) is 0 Å². The standard InChI is InChI=1S/C23H26FN3O3/c1-14-7-17(8-15(2)25-14)23(29)26-10-18-11-27(21(28)13-30-3)22(20(18)12-26)16-5-4-6-19(24)9-16/h4-9,18,20,22H,10-13H2,1-3H3/t18-,20-,22+/m1/s1. The maximum atomic E-state index is 13.9. The number of hydrogen-bond acceptors (Lipinski definition) is 4. The number of aryl methyl sites for hydroxylation is 2. The van der Waals surface area contributed by atoms with Crippen molar-refractivity contribution in [3.63, 3.8) is 0 Å². The first-order chi connectivity index (χ1) is 14.4. The van der Waals surface area contributed by atoms with Crippen LogP contribution in [-0.4, -0.2) is 59.9 Å². The second-order valence-electron chi connectivity index (χ2n) is 8.25. The molecule has 7 heteroatoms. The van der Waals surface area contributed by atoms with Gasteiger partial charge in [0.1, 0.15) is 12.4 Å². The maximum Gasteiger partial charge on any atom is 0.254 e. The molecule has 0 radical (unpaired) electrons. The molecule has 1 aromatic carbocycles. The van der Waals surface area contributed by atoms with E-state index in [1.165, 1.54) is 19.2 Å². The molecule has 2 saturated heterocycles. The number of carbonyl (C=O) groups excluding carboxylic acids is 2. The third-order valence-corrected chi connectivity index (χ3v) is 6.06. The number of methoxy groups -OCH3 is 1. The Morgan fingerprint density at radius 3 is 2.53 bits per heavy atom. The molecule has 0 aliphatic carbocycles. The Labute approximate surface area is 175 Å². The molecule has 2 amide bonds. The number of pyridine rings is 1. The normalized spacial score (nSPS) is 23.0. The topological polar surface area (TPSA) is 62.7 Å². The molecular formula is C23H26FN3O3. The molecule has 2 aliphatic heterocycles. The fraction of sp³-hybridized carbons (Fsp3) is 0.435. The van der Waals surface area contributed by atoms with Crippen LogP contribution in [0.3, 0.4) is 0 Å². The Morgan fingerprint density at radius 2 is 1.87 bits per heavy atom. The molecule has 2 fully saturated rings. The van der Waals surface area contributed by atoms with Crippen molar-refractivity contribution in [2.75, 3.05) is 33.4 Å². The Kier molecular flexibility index (Phi) is 5.56. The summed E-state index contributed by atoms with van der Waals surface area (Å²) in [6.45, 7) is 5.38. The number of amides is 2. The van der Waals surface area contributed by atoms with Gasteiger partial charge in [-0.15, -0.1) is 0 Å². The summed E-state index contributed by atoms with van der Waals surface area (Å²) < 4.78 is 19.0. The van der Waals surface area contributed by atoms with Crippen molar-refractivity contribution < 1.29 is 18.7 Å². The largest absolute Gasteiger partial charge is 0.375 e. The highest BCUT2D eigenvalue weighted by atomic mass is 19.1. The smallest absolute Gasteiger partial charge is 0.254 e. The van der Waals surface area contributed by atoms with E-state index in [0.717, 1.165) is 17.0 Å². The molecule has 30 heavy (non-hydrogen) atoms. The predicted octanol–water partition coefficient (Wildman–Crippen LogP) is 2.76. The first-order valence-electron chi connectivity index (χ1n) is 10.2. The van der Waals surface area contributed by atoms with Gasteiger partial charge in [0.05, 0.1) is 6.04 Å². The molecule has 6 nitrogen and oxygen atoms in total. The van der Waals surface area contributed by atoms with Gasteiger partial charge in [-0.3, -0.25) is 14.6 Å². The summed E-state index contributed by atoms with van der Waals surface area (Å²) >= 11 is 0. The SMILES string of the molecule is COCC(=O)N1C[C@H]2CN(C(=O)c3cc(C)nc(C)c3)C[C@H]2[C@@H]1c1cccc(F)c1. The number of ether oxygens (including phenoxy) is 1. The number of rotatable bonds is 4. The summed E-state index contributed by atoms with van der Waals surface area (Å²) in [5.74, 6) is -0.262. The number of fused-ring (bicyclic) bond motifs is 1. The van der Waals surface area contributed by atoms with Crippen LogP contribution in [0.2, 0.25) is 0 Å². The second-order valence-corrected chi connectivity index (χ2v) is 8.25. The Bertz CT molecular complexity index is 960. The lowest BCUT2D eigenvalue weighted by Gasteiger charge is -2.30. The van der Waals surface area contributed by atoms with Gasteiger partial charge >= 0.3 is 0 Å². The van der Waals surface area contributed by atoms with E-state index in [0.29, 0.717) is 25.2 Å². The minimum Gasteiger partial charge on any atom is -0.375 e. The van der Waals surface area contributed by atoms with E-state index in [1.54, 1.807) is 11.0 Å². The zero-order valence-corrected chi connectivity index (χ0v) is 17.5. The maximum absolute atomic E-state index is 13.9. The van der Waals surface area contributed by atoms with Crippen molar-refractivity contribution in [2.45, 2.75) is 19.9 Å². The number of halogens is 1. The molecule has 158 valence electrons. The van der Waals surface area contributed by atoms with Gasteiger partial charge in [0.15, 0.2) is 0 Å². The molecule has 2 aromatic rings. The first kappa shape index (κ1) is 20.5. The number of hydrogen-bond donors (Lipinski definition) is 0. The van der Waals surface area contributed by atoms with E-state index in [9.17, 15) is 14.0 Å². The Hall–Kier alpha value is -2.80. The summed E-state index contributed by atoms with van der Waals surface area (Å²) in [6.07, 6.45) is 0. The van der Waals surface area contributed by atoms with Crippen molar-refractivity contribution in [1.82, 2.24) is 14.8 Å². The highest BCUT2D eigenvalue weighted by molar-refractivity contribution is 5.94. The Morgan fingerprint density at radius 1 is 1.13 bits per heavy atom. The summed E-state index contributed by atoms with van der Waals surface area (Å²) in [7, 11) is 1.49. The zero-order chi connectivity index (χ0) is 21.4. The lowest BCUT2D eigenvalue weighted by Crippen LogP contribution is -2.39. The molecule has 0 bridgehead atoms. The first-order valence-corrected chi connectivity index (χ1v) is 10.2. The molecule has 0 spiro atoms. The number of carbonyl (C=O) groups is 2. The third-order valence-electron chi connectivity index (χ3n) is 6.06. The predicted molar refractivity (Wildman–Crippen MR) is 109 cm³/mol. The van der Waals surface area contributed by atoms with E-state index in [2.05, 4.69) is 4.98 Å². The van der Waals surface area contributed by atoms with Crippen LogP contribution in [0.4, 0.5) is 4.39 Å². The minimum absolute atomic E-state index is 0.0104. The number of aromatic nitrogens is 1. The third kappa shape index (κ3) is 3.81. The summed E-state index contributed by atoms with van der Waals surface area (Å²) in [5.41, 5.74) is 3.02. The van der Waals surface area contributed by atoms with Gasteiger partial charge in [-0.25, -0.2) is 4.39 Å². The van der Waals surface area contributed by atoms with Crippen LogP contribution in [0, 0.1) is 31.5 Å². The van der Waals surface area contributed by atoms with Crippen LogP contribution >= 0.6 is 0 Å². The average molecular weight is 411 g/mol. The van der Waals surface area contributed by atoms with Gasteiger partial charge in [0.2, 0.25) is 5.91 Å². The summed E-state index contributed by atoms with van der Waals surface area (Å²) in [4.78, 5) is 33.8. The van der Waals surface area contributed by atoms with Gasteiger partial charge in [0, 0.05) is 55.5 Å². The average Bonchev–Trinajstić information content (AvgIpc) is 3.24. The quantitative estimate of drug-likeness (QED) is 0.776. The minimum atomic E-state index is -0.330. The van der Waals surface area contributed by atoms with E-state index in [1.807, 2.05) is 36.9 Å². The van der Waals surface area contributed by atoms with E-state index >= 15 is 0 Å². The molecule has 0 saturated carbocycles. The van der Waals surface area contributed by atoms with Crippen LogP contribution in [0.15, 0.2) is 36.4 Å². The van der Waals surface area contributed by atoms with Crippen LogP contribution in [0.5, 0.6) is 0 Å². The van der Waals surface area contributed by atoms with E-state index < -0.39 is 0 Å². The molecule has 2 aliphatic rings. The monoisotopic (exact) mass is 411 g/mol. The number of nitrogens with zero attached hydrogens (tertiary/aromatic N) is 3. The van der Waals surface area contributed by atoms with Crippen molar-refractivity contribution in [3.05, 3.63) is 64.7 Å². The van der Waals surface area contributed by atoms with Gasteiger partial charge in [-0.1, -0.05) is 12.1 Å². The highest BCUT2D eigenvalue weighted by Crippen LogP contribution is 2.45. The van der Waals surface area contributed by atoms with Gasteiger partial charge in [-0.2, -0.15) is 0 Å². The number of likely N-dealkylation sites (tertiary alicyclic amines) is 2. The fourth-order valence-corrected chi connectivity index (χ4v) is 4.93. The molecule has 0 unspecified atom stereocenters. The molecule has 0 N–H and O–H groups in total.